The van der Waals surface area contributed by atoms with Crippen molar-refractivity contribution < 1.29 is 4.79 Å². The fourth-order valence-corrected chi connectivity index (χ4v) is 3.47. The molecule has 0 aliphatic carbocycles. The lowest BCUT2D eigenvalue weighted by molar-refractivity contribution is -0.117. The van der Waals surface area contributed by atoms with Crippen LogP contribution in [0.25, 0.3) is 0 Å². The van der Waals surface area contributed by atoms with E-state index in [1.807, 2.05) is 62.4 Å². The number of thiophene rings is 1. The van der Waals surface area contributed by atoms with Crippen molar-refractivity contribution in [3.8, 4) is 0 Å². The van der Waals surface area contributed by atoms with Gasteiger partial charge in [-0.1, -0.05) is 54.1 Å². The van der Waals surface area contributed by atoms with E-state index < -0.39 is 0 Å². The van der Waals surface area contributed by atoms with Crippen LogP contribution in [0.4, 0.5) is 5.69 Å². The van der Waals surface area contributed by atoms with Gasteiger partial charge in [-0.2, -0.15) is 0 Å². The molecule has 1 heterocycles. The lowest BCUT2D eigenvalue weighted by Gasteiger charge is -2.22. The summed E-state index contributed by atoms with van der Waals surface area (Å²) in [6.45, 7) is 3.92. The second kappa shape index (κ2) is 8.10. The number of anilines is 1. The Morgan fingerprint density at radius 1 is 0.960 bits per heavy atom. The minimum absolute atomic E-state index is 0.0000298. The van der Waals surface area contributed by atoms with Crippen molar-refractivity contribution in [3.05, 3.63) is 88.1 Å². The molecular weight excluding hydrogens is 328 g/mol. The van der Waals surface area contributed by atoms with E-state index in [-0.39, 0.29) is 18.0 Å². The first kappa shape index (κ1) is 17.4. The van der Waals surface area contributed by atoms with Gasteiger partial charge >= 0.3 is 0 Å². The van der Waals surface area contributed by atoms with Crippen LogP contribution in [-0.2, 0) is 4.79 Å². The Morgan fingerprint density at radius 3 is 2.32 bits per heavy atom. The van der Waals surface area contributed by atoms with Gasteiger partial charge in [0.25, 0.3) is 0 Å². The summed E-state index contributed by atoms with van der Waals surface area (Å²) in [7, 11) is 0. The van der Waals surface area contributed by atoms with Crippen LogP contribution in [0.2, 0.25) is 0 Å². The lowest BCUT2D eigenvalue weighted by atomic mass is 10.0. The maximum Gasteiger partial charge on any atom is 0.241 e. The van der Waals surface area contributed by atoms with Gasteiger partial charge < -0.3 is 5.32 Å². The van der Waals surface area contributed by atoms with E-state index in [4.69, 9.17) is 0 Å². The molecule has 1 aromatic heterocycles. The van der Waals surface area contributed by atoms with E-state index >= 15 is 0 Å². The third-order valence-electron chi connectivity index (χ3n) is 4.09. The normalized spacial score (nSPS) is 13.2. The van der Waals surface area contributed by atoms with E-state index in [1.165, 1.54) is 10.4 Å². The molecule has 4 heteroatoms. The number of amides is 1. The van der Waals surface area contributed by atoms with Gasteiger partial charge in [-0.05, 0) is 43.0 Å². The number of aryl methyl sites for hydroxylation is 1. The second-order valence-electron chi connectivity index (χ2n) is 6.10. The first-order chi connectivity index (χ1) is 12.1. The molecule has 2 aromatic carbocycles. The minimum Gasteiger partial charge on any atom is -0.325 e. The third kappa shape index (κ3) is 4.56. The number of carbonyl (C=O) groups excluding carboxylic acids is 1. The van der Waals surface area contributed by atoms with E-state index in [0.717, 1.165) is 11.3 Å². The Labute approximate surface area is 152 Å². The maximum absolute atomic E-state index is 12.6. The summed E-state index contributed by atoms with van der Waals surface area (Å²) in [6.07, 6.45) is 0. The minimum atomic E-state index is -0.325. The molecular formula is C21H22N2OS. The molecule has 3 rings (SSSR count). The van der Waals surface area contributed by atoms with Crippen LogP contribution in [0.15, 0.2) is 72.1 Å². The summed E-state index contributed by atoms with van der Waals surface area (Å²) >= 11 is 1.69. The molecule has 1 amide bonds. The van der Waals surface area contributed by atoms with Crippen LogP contribution in [0, 0.1) is 6.92 Å². The molecule has 128 valence electrons. The van der Waals surface area contributed by atoms with Crippen molar-refractivity contribution in [2.45, 2.75) is 25.9 Å². The number of hydrogen-bond donors (Lipinski definition) is 2. The Hall–Kier alpha value is -2.43. The van der Waals surface area contributed by atoms with Gasteiger partial charge in [-0.15, -0.1) is 11.3 Å². The third-order valence-corrected chi connectivity index (χ3v) is 5.03. The zero-order chi connectivity index (χ0) is 17.6. The van der Waals surface area contributed by atoms with Crippen molar-refractivity contribution >= 4 is 22.9 Å². The van der Waals surface area contributed by atoms with Gasteiger partial charge in [0.2, 0.25) is 5.91 Å². The Morgan fingerprint density at radius 2 is 1.68 bits per heavy atom. The summed E-state index contributed by atoms with van der Waals surface area (Å²) in [5, 5.41) is 8.50. The average molecular weight is 350 g/mol. The molecule has 0 spiro atoms. The van der Waals surface area contributed by atoms with Gasteiger partial charge in [0, 0.05) is 10.6 Å². The predicted octanol–water partition coefficient (Wildman–Crippen LogP) is 4.76. The molecule has 0 unspecified atom stereocenters. The number of rotatable bonds is 6. The highest BCUT2D eigenvalue weighted by atomic mass is 32.1. The van der Waals surface area contributed by atoms with Crippen molar-refractivity contribution in [2.75, 3.05) is 5.32 Å². The second-order valence-corrected chi connectivity index (χ2v) is 7.08. The summed E-state index contributed by atoms with van der Waals surface area (Å²) in [5.74, 6) is -0.0404. The average Bonchev–Trinajstić information content (AvgIpc) is 3.16. The van der Waals surface area contributed by atoms with Crippen LogP contribution >= 0.6 is 11.3 Å². The Kier molecular flexibility index (Phi) is 5.64. The molecule has 0 aliphatic rings. The van der Waals surface area contributed by atoms with Crippen LogP contribution in [-0.4, -0.2) is 11.9 Å². The zero-order valence-electron chi connectivity index (χ0n) is 14.4. The summed E-state index contributed by atoms with van der Waals surface area (Å²) in [4.78, 5) is 13.8. The summed E-state index contributed by atoms with van der Waals surface area (Å²) in [5.41, 5.74) is 3.14. The summed E-state index contributed by atoms with van der Waals surface area (Å²) < 4.78 is 0. The molecule has 0 saturated carbocycles. The first-order valence-corrected chi connectivity index (χ1v) is 9.23. The molecule has 0 saturated heterocycles. The number of benzene rings is 2. The van der Waals surface area contributed by atoms with E-state index in [2.05, 4.69) is 34.2 Å². The van der Waals surface area contributed by atoms with E-state index in [1.54, 1.807) is 11.3 Å². The lowest BCUT2D eigenvalue weighted by Crippen LogP contribution is -2.40. The van der Waals surface area contributed by atoms with Crippen LogP contribution in [0.1, 0.15) is 29.0 Å². The quantitative estimate of drug-likeness (QED) is 0.673. The van der Waals surface area contributed by atoms with E-state index in [0.29, 0.717) is 0 Å². The zero-order valence-corrected chi connectivity index (χ0v) is 15.2. The molecule has 0 fully saturated rings. The van der Waals surface area contributed by atoms with Gasteiger partial charge in [-0.3, -0.25) is 10.1 Å². The molecule has 0 aliphatic heterocycles. The topological polar surface area (TPSA) is 41.1 Å². The Balaban J connectivity index is 1.72. The van der Waals surface area contributed by atoms with Crippen LogP contribution in [0.3, 0.4) is 0 Å². The molecule has 3 aromatic rings. The smallest absolute Gasteiger partial charge is 0.241 e. The highest BCUT2D eigenvalue weighted by Crippen LogP contribution is 2.26. The molecule has 25 heavy (non-hydrogen) atoms. The number of nitrogens with one attached hydrogen (secondary N) is 2. The Bertz CT molecular complexity index is 798. The van der Waals surface area contributed by atoms with Gasteiger partial charge in [-0.25, -0.2) is 0 Å². The molecule has 0 bridgehead atoms. The maximum atomic E-state index is 12.6. The SMILES string of the molecule is Cc1ccc(NC(=O)[C@H](C)N[C@H](c2ccccc2)c2cccs2)cc1. The predicted molar refractivity (Wildman–Crippen MR) is 105 cm³/mol. The van der Waals surface area contributed by atoms with Crippen molar-refractivity contribution in [1.82, 2.24) is 5.32 Å². The van der Waals surface area contributed by atoms with Crippen LogP contribution < -0.4 is 10.6 Å². The fraction of sp³-hybridized carbons (Fsp3) is 0.190. The summed E-state index contributed by atoms with van der Waals surface area (Å²) in [6, 6.07) is 21.9. The van der Waals surface area contributed by atoms with Crippen LogP contribution in [0.5, 0.6) is 0 Å². The van der Waals surface area contributed by atoms with Crippen molar-refractivity contribution in [2.24, 2.45) is 0 Å². The number of carbonyl (C=O) groups is 1. The van der Waals surface area contributed by atoms with Gasteiger partial charge in [0.1, 0.15) is 0 Å². The molecule has 2 atom stereocenters. The van der Waals surface area contributed by atoms with Crippen molar-refractivity contribution in [3.63, 3.8) is 0 Å². The standard InChI is InChI=1S/C21H22N2OS/c1-15-10-12-18(13-11-15)23-21(24)16(2)22-20(19-9-6-14-25-19)17-7-4-3-5-8-17/h3-14,16,20,22H,1-2H3,(H,23,24)/t16-,20+/m0/s1. The molecule has 2 N–H and O–H groups in total. The monoisotopic (exact) mass is 350 g/mol. The number of hydrogen-bond acceptors (Lipinski definition) is 3. The highest BCUT2D eigenvalue weighted by molar-refractivity contribution is 7.10. The first-order valence-electron chi connectivity index (χ1n) is 8.35. The highest BCUT2D eigenvalue weighted by Gasteiger charge is 2.21. The molecule has 0 radical (unpaired) electrons. The van der Waals surface area contributed by atoms with Gasteiger partial charge in [0.15, 0.2) is 0 Å². The largest absolute Gasteiger partial charge is 0.325 e. The fourth-order valence-electron chi connectivity index (χ4n) is 2.66. The van der Waals surface area contributed by atoms with E-state index in [9.17, 15) is 4.79 Å². The molecule has 3 nitrogen and oxygen atoms in total. The van der Waals surface area contributed by atoms with Crippen molar-refractivity contribution in [1.29, 1.82) is 0 Å². The van der Waals surface area contributed by atoms with Gasteiger partial charge in [0.05, 0.1) is 12.1 Å².